The van der Waals surface area contributed by atoms with Crippen molar-refractivity contribution in [1.29, 1.82) is 0 Å². The summed E-state index contributed by atoms with van der Waals surface area (Å²) in [4.78, 5) is 0. The predicted octanol–water partition coefficient (Wildman–Crippen LogP) is 5.98. The van der Waals surface area contributed by atoms with Crippen molar-refractivity contribution in [1.82, 2.24) is 0 Å². The van der Waals surface area contributed by atoms with Gasteiger partial charge < -0.3 is 4.74 Å². The Bertz CT molecular complexity index is 596. The van der Waals surface area contributed by atoms with Crippen LogP contribution in [0.1, 0.15) is 0 Å². The second-order valence-corrected chi connectivity index (χ2v) is 5.17. The zero-order valence-corrected chi connectivity index (χ0v) is 12.3. The van der Waals surface area contributed by atoms with E-state index in [1.54, 1.807) is 31.4 Å². The molecule has 0 spiro atoms. The van der Waals surface area contributed by atoms with Crippen LogP contribution in [0.15, 0.2) is 30.3 Å². The summed E-state index contributed by atoms with van der Waals surface area (Å²) in [6, 6.07) is 8.79. The fraction of sp³-hybridized carbons (Fsp3) is 0.0769. The van der Waals surface area contributed by atoms with Gasteiger partial charge in [0.1, 0.15) is 5.75 Å². The van der Waals surface area contributed by atoms with Crippen LogP contribution in [0.5, 0.6) is 5.75 Å². The lowest BCUT2D eigenvalue weighted by Gasteiger charge is -2.12. The smallest absolute Gasteiger partial charge is 0.128 e. The number of methoxy groups -OCH3 is 1. The second kappa shape index (κ2) is 5.58. The van der Waals surface area contributed by atoms with Gasteiger partial charge in [0.15, 0.2) is 0 Å². The highest BCUT2D eigenvalue weighted by Crippen LogP contribution is 2.41. The van der Waals surface area contributed by atoms with E-state index >= 15 is 0 Å². The summed E-state index contributed by atoms with van der Waals surface area (Å²) in [5.41, 5.74) is 1.56. The Balaban J connectivity index is 2.66. The molecule has 0 saturated heterocycles. The summed E-state index contributed by atoms with van der Waals surface area (Å²) in [5, 5.41) is 1.72. The van der Waals surface area contributed by atoms with Crippen LogP contribution in [-0.2, 0) is 0 Å². The Morgan fingerprint density at radius 2 is 1.50 bits per heavy atom. The first kappa shape index (κ1) is 13.8. The van der Waals surface area contributed by atoms with Crippen LogP contribution in [0.3, 0.4) is 0 Å². The number of ether oxygens (including phenoxy) is 1. The van der Waals surface area contributed by atoms with E-state index in [1.165, 1.54) is 0 Å². The fourth-order valence-corrected chi connectivity index (χ4v) is 2.42. The molecule has 94 valence electrons. The van der Waals surface area contributed by atoms with Gasteiger partial charge in [0.25, 0.3) is 0 Å². The van der Waals surface area contributed by atoms with Gasteiger partial charge in [-0.1, -0.05) is 52.5 Å². The molecule has 0 atom stereocenters. The average molecular weight is 322 g/mol. The van der Waals surface area contributed by atoms with Crippen LogP contribution in [0.4, 0.5) is 0 Å². The molecule has 0 aliphatic rings. The molecule has 0 aliphatic heterocycles. The van der Waals surface area contributed by atoms with Crippen molar-refractivity contribution in [3.63, 3.8) is 0 Å². The van der Waals surface area contributed by atoms with Gasteiger partial charge in [-0.15, -0.1) is 0 Å². The van der Waals surface area contributed by atoms with Crippen molar-refractivity contribution in [2.24, 2.45) is 0 Å². The molecule has 0 aromatic heterocycles. The highest BCUT2D eigenvalue weighted by molar-refractivity contribution is 6.49. The summed E-state index contributed by atoms with van der Waals surface area (Å²) < 4.78 is 5.29. The van der Waals surface area contributed by atoms with Crippen LogP contribution in [0.2, 0.25) is 20.1 Å². The summed E-state index contributed by atoms with van der Waals surface area (Å²) in [6.45, 7) is 0. The Morgan fingerprint density at radius 1 is 0.833 bits per heavy atom. The first-order valence-corrected chi connectivity index (χ1v) is 6.53. The molecule has 1 nitrogen and oxygen atoms in total. The van der Waals surface area contributed by atoms with Crippen molar-refractivity contribution in [3.05, 3.63) is 50.4 Å². The third kappa shape index (κ3) is 2.55. The average Bonchev–Trinajstić information content (AvgIpc) is 2.37. The third-order valence-electron chi connectivity index (χ3n) is 2.49. The topological polar surface area (TPSA) is 9.23 Å². The van der Waals surface area contributed by atoms with Gasteiger partial charge in [0.2, 0.25) is 0 Å². The van der Waals surface area contributed by atoms with E-state index < -0.39 is 0 Å². The van der Waals surface area contributed by atoms with Crippen molar-refractivity contribution in [3.8, 4) is 16.9 Å². The van der Waals surface area contributed by atoms with E-state index in [9.17, 15) is 0 Å². The number of rotatable bonds is 2. The van der Waals surface area contributed by atoms with E-state index in [0.29, 0.717) is 25.8 Å². The summed E-state index contributed by atoms with van der Waals surface area (Å²) in [6.07, 6.45) is 0. The Hall–Kier alpha value is -0.600. The highest BCUT2D eigenvalue weighted by Gasteiger charge is 2.14. The Kier molecular flexibility index (Phi) is 4.29. The lowest BCUT2D eigenvalue weighted by Crippen LogP contribution is -1.89. The maximum Gasteiger partial charge on any atom is 0.128 e. The molecule has 0 bridgehead atoms. The fourth-order valence-electron chi connectivity index (χ4n) is 1.62. The molecule has 2 aromatic carbocycles. The number of benzene rings is 2. The molecular weight excluding hydrogens is 314 g/mol. The van der Waals surface area contributed by atoms with Gasteiger partial charge in [0, 0.05) is 16.1 Å². The van der Waals surface area contributed by atoms with Crippen LogP contribution in [-0.4, -0.2) is 7.11 Å². The van der Waals surface area contributed by atoms with E-state index in [0.717, 1.165) is 11.1 Å². The van der Waals surface area contributed by atoms with E-state index in [4.69, 9.17) is 51.1 Å². The van der Waals surface area contributed by atoms with Crippen LogP contribution in [0.25, 0.3) is 11.1 Å². The zero-order chi connectivity index (χ0) is 13.3. The molecular formula is C13H8Cl4O. The third-order valence-corrected chi connectivity index (χ3v) is 4.02. The molecule has 2 rings (SSSR count). The predicted molar refractivity (Wildman–Crippen MR) is 78.5 cm³/mol. The van der Waals surface area contributed by atoms with Crippen molar-refractivity contribution < 1.29 is 4.74 Å². The van der Waals surface area contributed by atoms with E-state index in [-0.39, 0.29) is 0 Å². The van der Waals surface area contributed by atoms with Gasteiger partial charge in [0.05, 0.1) is 22.2 Å². The second-order valence-electron chi connectivity index (χ2n) is 3.57. The van der Waals surface area contributed by atoms with E-state index in [1.807, 2.05) is 6.07 Å². The van der Waals surface area contributed by atoms with Crippen molar-refractivity contribution >= 4 is 46.4 Å². The number of hydrogen-bond donors (Lipinski definition) is 0. The molecule has 0 amide bonds. The highest BCUT2D eigenvalue weighted by atomic mass is 35.5. The number of hydrogen-bond acceptors (Lipinski definition) is 1. The van der Waals surface area contributed by atoms with Gasteiger partial charge in [-0.05, 0) is 24.3 Å². The zero-order valence-electron chi connectivity index (χ0n) is 9.31. The minimum atomic E-state index is 0.327. The van der Waals surface area contributed by atoms with E-state index in [2.05, 4.69) is 0 Å². The number of halogens is 4. The largest absolute Gasteiger partial charge is 0.496 e. The standard InChI is InChI=1S/C13H8Cl4O/c1-18-11-6-7(14)2-3-8(11)9-4-5-10(15)13(17)12(9)16/h2-6H,1H3. The van der Waals surface area contributed by atoms with Crippen molar-refractivity contribution in [2.75, 3.05) is 7.11 Å². The van der Waals surface area contributed by atoms with Gasteiger partial charge in [-0.25, -0.2) is 0 Å². The normalized spacial score (nSPS) is 10.5. The Labute approximate surface area is 125 Å². The first-order valence-electron chi connectivity index (χ1n) is 5.02. The molecule has 0 unspecified atom stereocenters. The maximum atomic E-state index is 6.20. The van der Waals surface area contributed by atoms with Crippen LogP contribution in [0, 0.1) is 0 Å². The summed E-state index contributed by atoms with van der Waals surface area (Å²) >= 11 is 24.0. The van der Waals surface area contributed by atoms with Crippen LogP contribution < -0.4 is 4.74 Å². The maximum absolute atomic E-state index is 6.20. The molecule has 0 heterocycles. The molecule has 0 saturated carbocycles. The lowest BCUT2D eigenvalue weighted by molar-refractivity contribution is 0.416. The monoisotopic (exact) mass is 320 g/mol. The molecule has 18 heavy (non-hydrogen) atoms. The minimum absolute atomic E-state index is 0.327. The molecule has 0 N–H and O–H groups in total. The minimum Gasteiger partial charge on any atom is -0.496 e. The molecule has 0 aliphatic carbocycles. The first-order chi connectivity index (χ1) is 8.54. The quantitative estimate of drug-likeness (QED) is 0.618. The summed E-state index contributed by atoms with van der Waals surface area (Å²) in [5.74, 6) is 0.628. The molecule has 2 aromatic rings. The van der Waals surface area contributed by atoms with Crippen LogP contribution >= 0.6 is 46.4 Å². The SMILES string of the molecule is COc1cc(Cl)ccc1-c1ccc(Cl)c(Cl)c1Cl. The molecule has 5 heteroatoms. The van der Waals surface area contributed by atoms with Crippen molar-refractivity contribution in [2.45, 2.75) is 0 Å². The Morgan fingerprint density at radius 3 is 2.17 bits per heavy atom. The molecule has 0 fully saturated rings. The lowest BCUT2D eigenvalue weighted by atomic mass is 10.0. The van der Waals surface area contributed by atoms with Gasteiger partial charge >= 0.3 is 0 Å². The molecule has 0 radical (unpaired) electrons. The van der Waals surface area contributed by atoms with Gasteiger partial charge in [-0.2, -0.15) is 0 Å². The summed E-state index contributed by atoms with van der Waals surface area (Å²) in [7, 11) is 1.57. The van der Waals surface area contributed by atoms with Gasteiger partial charge in [-0.3, -0.25) is 0 Å².